The van der Waals surface area contributed by atoms with Crippen molar-refractivity contribution in [2.24, 2.45) is 4.99 Å². The van der Waals surface area contributed by atoms with Crippen molar-refractivity contribution in [2.45, 2.75) is 13.3 Å². The molecule has 34 heavy (non-hydrogen) atoms. The number of benzene rings is 3. The SMILES string of the molecule is COc1ccc(NC(=NCCc2c[nH]c3ccccc23)NC(=O)c2ccc(C)c(F)c2)cc1Cl. The van der Waals surface area contributed by atoms with Gasteiger partial charge in [0, 0.05) is 34.9 Å². The number of fused-ring (bicyclic) bond motifs is 1. The van der Waals surface area contributed by atoms with Gasteiger partial charge in [-0.3, -0.25) is 15.1 Å². The van der Waals surface area contributed by atoms with Crippen LogP contribution in [0.25, 0.3) is 10.9 Å². The van der Waals surface area contributed by atoms with Crippen LogP contribution in [0.2, 0.25) is 5.02 Å². The fourth-order valence-corrected chi connectivity index (χ4v) is 3.79. The summed E-state index contributed by atoms with van der Waals surface area (Å²) in [6, 6.07) is 17.5. The molecule has 0 saturated heterocycles. The molecule has 4 aromatic rings. The molecule has 0 radical (unpaired) electrons. The Labute approximate surface area is 201 Å². The number of hydrogen-bond donors (Lipinski definition) is 3. The molecule has 0 saturated carbocycles. The van der Waals surface area contributed by atoms with Crippen molar-refractivity contribution in [3.05, 3.63) is 94.4 Å². The van der Waals surface area contributed by atoms with Crippen LogP contribution in [0, 0.1) is 12.7 Å². The minimum Gasteiger partial charge on any atom is -0.495 e. The van der Waals surface area contributed by atoms with Gasteiger partial charge in [0.05, 0.1) is 12.1 Å². The Hall–Kier alpha value is -3.84. The number of para-hydroxylation sites is 1. The van der Waals surface area contributed by atoms with E-state index in [1.165, 1.54) is 13.2 Å². The Morgan fingerprint density at radius 2 is 1.97 bits per heavy atom. The number of amides is 1. The van der Waals surface area contributed by atoms with E-state index in [4.69, 9.17) is 16.3 Å². The van der Waals surface area contributed by atoms with Gasteiger partial charge < -0.3 is 15.0 Å². The first-order valence-corrected chi connectivity index (χ1v) is 11.1. The van der Waals surface area contributed by atoms with Crippen LogP contribution < -0.4 is 15.4 Å². The number of nitrogens with one attached hydrogen (secondary N) is 3. The number of aromatic nitrogens is 1. The number of carbonyl (C=O) groups is 1. The Bertz CT molecular complexity index is 1370. The summed E-state index contributed by atoms with van der Waals surface area (Å²) in [5, 5.41) is 7.38. The molecule has 0 aliphatic carbocycles. The molecule has 0 fully saturated rings. The molecule has 1 amide bonds. The number of rotatable bonds is 6. The van der Waals surface area contributed by atoms with Gasteiger partial charge in [-0.05, 0) is 60.9 Å². The van der Waals surface area contributed by atoms with Crippen molar-refractivity contribution >= 4 is 40.1 Å². The highest BCUT2D eigenvalue weighted by Crippen LogP contribution is 2.27. The molecule has 0 spiro atoms. The van der Waals surface area contributed by atoms with E-state index < -0.39 is 11.7 Å². The topological polar surface area (TPSA) is 78.5 Å². The van der Waals surface area contributed by atoms with Crippen LogP contribution in [0.4, 0.5) is 10.1 Å². The summed E-state index contributed by atoms with van der Waals surface area (Å²) in [5.41, 5.74) is 3.46. The van der Waals surface area contributed by atoms with E-state index in [-0.39, 0.29) is 11.5 Å². The van der Waals surface area contributed by atoms with E-state index in [1.807, 2.05) is 24.4 Å². The van der Waals surface area contributed by atoms with Crippen molar-refractivity contribution in [3.63, 3.8) is 0 Å². The summed E-state index contributed by atoms with van der Waals surface area (Å²) in [7, 11) is 1.53. The molecule has 8 heteroatoms. The molecule has 1 heterocycles. The van der Waals surface area contributed by atoms with Crippen LogP contribution in [0.3, 0.4) is 0 Å². The normalized spacial score (nSPS) is 11.5. The molecule has 174 valence electrons. The quantitative estimate of drug-likeness (QED) is 0.245. The Kier molecular flexibility index (Phi) is 7.13. The minimum atomic E-state index is -0.475. The summed E-state index contributed by atoms with van der Waals surface area (Å²) in [5.74, 6) is -0.159. The number of hydrogen-bond acceptors (Lipinski definition) is 3. The van der Waals surface area contributed by atoms with Crippen LogP contribution in [0.1, 0.15) is 21.5 Å². The molecule has 0 atom stereocenters. The van der Waals surface area contributed by atoms with E-state index in [0.717, 1.165) is 16.5 Å². The van der Waals surface area contributed by atoms with Crippen LogP contribution in [0.15, 0.2) is 71.9 Å². The second-order valence-electron chi connectivity index (χ2n) is 7.73. The monoisotopic (exact) mass is 478 g/mol. The predicted molar refractivity (Wildman–Crippen MR) is 135 cm³/mol. The number of methoxy groups -OCH3 is 1. The lowest BCUT2D eigenvalue weighted by atomic mass is 10.1. The van der Waals surface area contributed by atoms with Gasteiger partial charge in [-0.15, -0.1) is 0 Å². The second-order valence-corrected chi connectivity index (χ2v) is 8.14. The average molecular weight is 479 g/mol. The van der Waals surface area contributed by atoms with Gasteiger partial charge in [0.2, 0.25) is 5.96 Å². The molecule has 0 aliphatic heterocycles. The standard InChI is InChI=1S/C26H24ClFN4O2/c1-16-7-8-17(13-22(16)28)25(33)32-26(31-19-9-10-24(34-2)21(27)14-19)29-12-11-18-15-30-23-6-4-3-5-20(18)23/h3-10,13-15,30H,11-12H2,1-2H3,(H2,29,31,32,33). The molecule has 4 rings (SSSR count). The first-order valence-electron chi connectivity index (χ1n) is 10.7. The van der Waals surface area contributed by atoms with Crippen LogP contribution in [-0.2, 0) is 6.42 Å². The number of aliphatic imine (C=N–C) groups is 1. The van der Waals surface area contributed by atoms with Crippen molar-refractivity contribution in [2.75, 3.05) is 19.0 Å². The first-order chi connectivity index (χ1) is 16.4. The maximum atomic E-state index is 14.0. The smallest absolute Gasteiger partial charge is 0.258 e. The number of guanidine groups is 1. The van der Waals surface area contributed by atoms with Crippen molar-refractivity contribution in [1.29, 1.82) is 0 Å². The average Bonchev–Trinajstić information content (AvgIpc) is 3.24. The van der Waals surface area contributed by atoms with Gasteiger partial charge in [-0.1, -0.05) is 35.9 Å². The third kappa shape index (κ3) is 5.38. The summed E-state index contributed by atoms with van der Waals surface area (Å²) < 4.78 is 19.2. The van der Waals surface area contributed by atoms with Crippen molar-refractivity contribution in [1.82, 2.24) is 10.3 Å². The lowest BCUT2D eigenvalue weighted by Gasteiger charge is -2.13. The number of ether oxygens (including phenoxy) is 1. The van der Waals surface area contributed by atoms with Gasteiger partial charge in [0.25, 0.3) is 5.91 Å². The molecule has 0 bridgehead atoms. The second kappa shape index (κ2) is 10.4. The summed E-state index contributed by atoms with van der Waals surface area (Å²) >= 11 is 6.24. The Morgan fingerprint density at radius 3 is 2.74 bits per heavy atom. The maximum Gasteiger partial charge on any atom is 0.258 e. The highest BCUT2D eigenvalue weighted by molar-refractivity contribution is 6.32. The molecule has 1 aromatic heterocycles. The summed E-state index contributed by atoms with van der Waals surface area (Å²) in [6.45, 7) is 2.06. The Balaban J connectivity index is 1.55. The fraction of sp³-hybridized carbons (Fsp3) is 0.154. The molecule has 0 aliphatic rings. The van der Waals surface area contributed by atoms with Crippen molar-refractivity contribution < 1.29 is 13.9 Å². The van der Waals surface area contributed by atoms with Gasteiger partial charge in [0.15, 0.2) is 0 Å². The minimum absolute atomic E-state index is 0.196. The van der Waals surface area contributed by atoms with Gasteiger partial charge in [-0.25, -0.2) is 4.39 Å². The largest absolute Gasteiger partial charge is 0.495 e. The zero-order valence-corrected chi connectivity index (χ0v) is 19.5. The number of anilines is 1. The van der Waals surface area contributed by atoms with Gasteiger partial charge in [0.1, 0.15) is 11.6 Å². The maximum absolute atomic E-state index is 14.0. The lowest BCUT2D eigenvalue weighted by Crippen LogP contribution is -2.36. The number of nitrogens with zero attached hydrogens (tertiary/aromatic N) is 1. The zero-order valence-electron chi connectivity index (χ0n) is 18.8. The number of aromatic amines is 1. The van der Waals surface area contributed by atoms with Crippen molar-refractivity contribution in [3.8, 4) is 5.75 Å². The number of aryl methyl sites for hydroxylation is 1. The van der Waals surface area contributed by atoms with E-state index in [1.54, 1.807) is 37.3 Å². The van der Waals surface area contributed by atoms with E-state index in [2.05, 4.69) is 26.7 Å². The van der Waals surface area contributed by atoms with Gasteiger partial charge >= 0.3 is 0 Å². The lowest BCUT2D eigenvalue weighted by molar-refractivity contribution is 0.0976. The highest BCUT2D eigenvalue weighted by atomic mass is 35.5. The molecule has 3 N–H and O–H groups in total. The zero-order chi connectivity index (χ0) is 24.1. The summed E-state index contributed by atoms with van der Waals surface area (Å²) in [4.78, 5) is 20.6. The number of carbonyl (C=O) groups excluding carboxylic acids is 1. The predicted octanol–water partition coefficient (Wildman–Crippen LogP) is 5.72. The van der Waals surface area contributed by atoms with E-state index in [9.17, 15) is 9.18 Å². The third-order valence-electron chi connectivity index (χ3n) is 5.41. The van der Waals surface area contributed by atoms with Crippen LogP contribution in [-0.4, -0.2) is 30.5 Å². The van der Waals surface area contributed by atoms with Crippen LogP contribution >= 0.6 is 11.6 Å². The Morgan fingerprint density at radius 1 is 1.15 bits per heavy atom. The van der Waals surface area contributed by atoms with Crippen LogP contribution in [0.5, 0.6) is 5.75 Å². The molecule has 0 unspecified atom stereocenters. The van der Waals surface area contributed by atoms with E-state index in [0.29, 0.717) is 35.0 Å². The van der Waals surface area contributed by atoms with E-state index >= 15 is 0 Å². The summed E-state index contributed by atoms with van der Waals surface area (Å²) in [6.07, 6.45) is 2.62. The molecule has 6 nitrogen and oxygen atoms in total. The molecular formula is C26H24ClFN4O2. The first kappa shape index (κ1) is 23.3. The highest BCUT2D eigenvalue weighted by Gasteiger charge is 2.12. The number of halogens is 2. The van der Waals surface area contributed by atoms with Gasteiger partial charge in [-0.2, -0.15) is 0 Å². The molecular weight excluding hydrogens is 455 g/mol. The number of H-pyrrole nitrogens is 1. The third-order valence-corrected chi connectivity index (χ3v) is 5.70. The fourth-order valence-electron chi connectivity index (χ4n) is 3.53. The molecule has 3 aromatic carbocycles.